The van der Waals surface area contributed by atoms with Gasteiger partial charge < -0.3 is 15.3 Å². The van der Waals surface area contributed by atoms with Crippen LogP contribution in [0.4, 0.5) is 0 Å². The average molecular weight is 515 g/mol. The van der Waals surface area contributed by atoms with Crippen LogP contribution in [0.5, 0.6) is 0 Å². The first-order chi connectivity index (χ1) is 18.2. The van der Waals surface area contributed by atoms with Crippen molar-refractivity contribution in [2.45, 2.75) is 115 Å². The number of hydrogen-bond donors (Lipinski definition) is 3. The lowest BCUT2D eigenvalue weighted by molar-refractivity contribution is -0.0696. The Hall–Kier alpha value is -1.78. The van der Waals surface area contributed by atoms with Crippen LogP contribution in [-0.2, 0) is 0 Å². The molecule has 7 rings (SSSR count). The van der Waals surface area contributed by atoms with E-state index in [2.05, 4.69) is 49.3 Å². The predicted molar refractivity (Wildman–Crippen MR) is 152 cm³/mol. The van der Waals surface area contributed by atoms with E-state index in [9.17, 15) is 15.3 Å². The Balaban J connectivity index is 1.08. The summed E-state index contributed by atoms with van der Waals surface area (Å²) in [5.74, 6) is 16.5. The number of aliphatic hydroxyl groups is 3. The van der Waals surface area contributed by atoms with Crippen molar-refractivity contribution in [2.75, 3.05) is 0 Å². The first-order valence-electron chi connectivity index (χ1n) is 15.4. The lowest BCUT2D eigenvalue weighted by Gasteiger charge is -2.57. The van der Waals surface area contributed by atoms with Gasteiger partial charge in [0.15, 0.2) is 0 Å². The second-order valence-electron chi connectivity index (χ2n) is 14.3. The Morgan fingerprint density at radius 2 is 1.63 bits per heavy atom. The van der Waals surface area contributed by atoms with Crippen LogP contribution in [0, 0.1) is 64.1 Å². The molecule has 7 aliphatic carbocycles. The highest BCUT2D eigenvalue weighted by Gasteiger charge is 2.51. The molecule has 0 aromatic carbocycles. The molecule has 38 heavy (non-hydrogen) atoms. The maximum atomic E-state index is 10.8. The fraction of sp³-hybridized carbons (Fsp3) is 0.714. The van der Waals surface area contributed by atoms with Crippen molar-refractivity contribution >= 4 is 0 Å². The summed E-state index contributed by atoms with van der Waals surface area (Å²) < 4.78 is 0. The Morgan fingerprint density at radius 3 is 2.29 bits per heavy atom. The summed E-state index contributed by atoms with van der Waals surface area (Å²) in [6.07, 6.45) is 18.6. The lowest BCUT2D eigenvalue weighted by atomic mass is 9.48. The molecule has 3 N–H and O–H groups in total. The van der Waals surface area contributed by atoms with Crippen LogP contribution in [0.2, 0.25) is 0 Å². The molecule has 204 valence electrons. The highest BCUT2D eigenvalue weighted by Crippen LogP contribution is 2.61. The van der Waals surface area contributed by atoms with Crippen molar-refractivity contribution in [3.8, 4) is 23.7 Å². The van der Waals surface area contributed by atoms with E-state index in [1.165, 1.54) is 56.9 Å². The second-order valence-corrected chi connectivity index (χ2v) is 14.3. The van der Waals surface area contributed by atoms with Crippen LogP contribution >= 0.6 is 0 Å². The molecular formula is C35H46O3. The van der Waals surface area contributed by atoms with Crippen molar-refractivity contribution in [3.05, 3.63) is 35.5 Å². The molecule has 6 atom stereocenters. The number of hydrogen-bond acceptors (Lipinski definition) is 3. The van der Waals surface area contributed by atoms with Crippen molar-refractivity contribution < 1.29 is 15.3 Å². The molecule has 4 bridgehead atoms. The van der Waals surface area contributed by atoms with Gasteiger partial charge in [0.25, 0.3) is 0 Å². The molecule has 0 amide bonds. The normalized spacial score (nSPS) is 45.2. The molecule has 0 radical (unpaired) electrons. The molecule has 3 nitrogen and oxygen atoms in total. The standard InChI is InChI=1S/C35H46O3/c1-23-32(37)17-24(18-33(23)38)9-10-28-6-5-13-34(2)29(11-12-31(28)34)7-3-4-8-30(36)22-35-19-25-14-26(20-35)16-27(15-25)21-35/h9-10,25-27,29-33,36-38H,1,5-6,11-22H2,2H3/b28-10+/t25?,26?,27?,29-,30+,31-,32+,33+,34+,35?/m0/s1. The Labute approximate surface area is 229 Å². The summed E-state index contributed by atoms with van der Waals surface area (Å²) >= 11 is 0. The Morgan fingerprint density at radius 1 is 0.974 bits per heavy atom. The fourth-order valence-corrected chi connectivity index (χ4v) is 10.1. The van der Waals surface area contributed by atoms with Gasteiger partial charge in [-0.3, -0.25) is 0 Å². The summed E-state index contributed by atoms with van der Waals surface area (Å²) in [4.78, 5) is 0. The molecule has 7 fully saturated rings. The number of aliphatic hydroxyl groups excluding tert-OH is 3. The SMILES string of the molecule is C=C1[C@H](O)CC(=C/C=C2\CCC[C@]3(C)[C@@H](C#CC#C[C@@H](O)CC45CC6CC(CC(C6)C4)C5)CC[C@@H]23)C[C@H]1O. The highest BCUT2D eigenvalue weighted by molar-refractivity contribution is 5.33. The first-order valence-corrected chi connectivity index (χ1v) is 15.4. The summed E-state index contributed by atoms with van der Waals surface area (Å²) in [5, 5.41) is 31.2. The topological polar surface area (TPSA) is 60.7 Å². The van der Waals surface area contributed by atoms with Gasteiger partial charge in [-0.05, 0) is 142 Å². The zero-order chi connectivity index (χ0) is 26.5. The van der Waals surface area contributed by atoms with Gasteiger partial charge in [0, 0.05) is 5.92 Å². The van der Waals surface area contributed by atoms with Crippen molar-refractivity contribution in [3.63, 3.8) is 0 Å². The van der Waals surface area contributed by atoms with Crippen LogP contribution in [0.25, 0.3) is 0 Å². The van der Waals surface area contributed by atoms with Crippen LogP contribution in [0.1, 0.15) is 96.8 Å². The maximum absolute atomic E-state index is 10.8. The van der Waals surface area contributed by atoms with Crippen LogP contribution in [0.3, 0.4) is 0 Å². The minimum Gasteiger partial charge on any atom is -0.388 e. The Kier molecular flexibility index (Phi) is 7.18. The molecule has 0 spiro atoms. The Bertz CT molecular complexity index is 1080. The van der Waals surface area contributed by atoms with Crippen LogP contribution < -0.4 is 0 Å². The average Bonchev–Trinajstić information content (AvgIpc) is 3.19. The van der Waals surface area contributed by atoms with Gasteiger partial charge in [-0.1, -0.05) is 48.6 Å². The molecular weight excluding hydrogens is 468 g/mol. The predicted octanol–water partition coefficient (Wildman–Crippen LogP) is 6.10. The monoisotopic (exact) mass is 514 g/mol. The molecule has 0 unspecified atom stereocenters. The minimum absolute atomic E-state index is 0.176. The van der Waals surface area contributed by atoms with E-state index in [1.54, 1.807) is 0 Å². The van der Waals surface area contributed by atoms with Gasteiger partial charge in [-0.25, -0.2) is 0 Å². The molecule has 0 aliphatic heterocycles. The fourth-order valence-electron chi connectivity index (χ4n) is 10.1. The van der Waals surface area contributed by atoms with Crippen LogP contribution in [0.15, 0.2) is 35.5 Å². The largest absolute Gasteiger partial charge is 0.388 e. The highest BCUT2D eigenvalue weighted by atomic mass is 16.3. The van der Waals surface area contributed by atoms with Crippen molar-refractivity contribution in [1.82, 2.24) is 0 Å². The van der Waals surface area contributed by atoms with Crippen molar-refractivity contribution in [1.29, 1.82) is 0 Å². The summed E-state index contributed by atoms with van der Waals surface area (Å²) in [6, 6.07) is 0. The van der Waals surface area contributed by atoms with Gasteiger partial charge in [-0.15, -0.1) is 0 Å². The summed E-state index contributed by atoms with van der Waals surface area (Å²) in [5.41, 5.74) is 3.68. The molecule has 0 saturated heterocycles. The zero-order valence-electron chi connectivity index (χ0n) is 23.2. The smallest absolute Gasteiger partial charge is 0.116 e. The van der Waals surface area contributed by atoms with E-state index >= 15 is 0 Å². The third kappa shape index (κ3) is 5.08. The lowest BCUT2D eigenvalue weighted by Crippen LogP contribution is -2.47. The summed E-state index contributed by atoms with van der Waals surface area (Å²) in [7, 11) is 0. The number of fused-ring (bicyclic) bond motifs is 1. The van der Waals surface area contributed by atoms with E-state index in [-0.39, 0.29) is 5.41 Å². The van der Waals surface area contributed by atoms with E-state index < -0.39 is 18.3 Å². The molecule has 7 saturated carbocycles. The van der Waals surface area contributed by atoms with E-state index in [4.69, 9.17) is 0 Å². The third-order valence-corrected chi connectivity index (χ3v) is 11.6. The van der Waals surface area contributed by atoms with Gasteiger partial charge in [0.1, 0.15) is 6.10 Å². The quantitative estimate of drug-likeness (QED) is 0.315. The zero-order valence-corrected chi connectivity index (χ0v) is 23.2. The first kappa shape index (κ1) is 26.4. The van der Waals surface area contributed by atoms with E-state index in [0.29, 0.717) is 35.7 Å². The number of allylic oxidation sites excluding steroid dienone is 3. The third-order valence-electron chi connectivity index (χ3n) is 11.6. The molecule has 0 aromatic rings. The van der Waals surface area contributed by atoms with Gasteiger partial charge in [0.2, 0.25) is 0 Å². The van der Waals surface area contributed by atoms with Crippen LogP contribution in [-0.4, -0.2) is 33.6 Å². The van der Waals surface area contributed by atoms with E-state index in [0.717, 1.165) is 49.0 Å². The number of rotatable bonds is 3. The van der Waals surface area contributed by atoms with E-state index in [1.807, 2.05) is 0 Å². The minimum atomic E-state index is -0.640. The van der Waals surface area contributed by atoms with Gasteiger partial charge in [-0.2, -0.15) is 0 Å². The van der Waals surface area contributed by atoms with Gasteiger partial charge in [0.05, 0.1) is 12.2 Å². The summed E-state index contributed by atoms with van der Waals surface area (Å²) in [6.45, 7) is 6.24. The second kappa shape index (κ2) is 10.3. The molecule has 3 heteroatoms. The van der Waals surface area contributed by atoms with Gasteiger partial charge >= 0.3 is 0 Å². The molecule has 7 aliphatic rings. The molecule has 0 aromatic heterocycles. The molecule has 0 heterocycles. The van der Waals surface area contributed by atoms with Crippen molar-refractivity contribution in [2.24, 2.45) is 40.4 Å². The maximum Gasteiger partial charge on any atom is 0.116 e.